The summed E-state index contributed by atoms with van der Waals surface area (Å²) < 4.78 is 18.7. The first kappa shape index (κ1) is 17.9. The molecular weight excluding hydrogens is 343 g/mol. The van der Waals surface area contributed by atoms with Crippen molar-refractivity contribution in [2.45, 2.75) is 6.04 Å². The van der Waals surface area contributed by atoms with Gasteiger partial charge in [-0.2, -0.15) is 0 Å². The Morgan fingerprint density at radius 3 is 2.64 bits per heavy atom. The number of aromatic hydroxyl groups is 1. The van der Waals surface area contributed by atoms with E-state index in [0.29, 0.717) is 30.3 Å². The van der Waals surface area contributed by atoms with Crippen LogP contribution in [0.5, 0.6) is 5.75 Å². The Labute approximate surface area is 151 Å². The highest BCUT2D eigenvalue weighted by Crippen LogP contribution is 2.24. The van der Waals surface area contributed by atoms with Crippen LogP contribution in [0.2, 0.25) is 5.02 Å². The minimum Gasteiger partial charge on any atom is -0.507 e. The van der Waals surface area contributed by atoms with Gasteiger partial charge in [-0.05, 0) is 35.9 Å². The molecule has 6 heteroatoms. The maximum absolute atomic E-state index is 13.2. The predicted octanol–water partition coefficient (Wildman–Crippen LogP) is 3.68. The van der Waals surface area contributed by atoms with Gasteiger partial charge in [-0.3, -0.25) is 9.89 Å². The molecule has 3 rings (SSSR count). The molecular formula is C19H20ClFN2O2. The molecule has 25 heavy (non-hydrogen) atoms. The average Bonchev–Trinajstić information content (AvgIpc) is 2.63. The molecule has 1 atom stereocenters. The van der Waals surface area contributed by atoms with Crippen molar-refractivity contribution in [3.63, 3.8) is 0 Å². The van der Waals surface area contributed by atoms with Crippen LogP contribution in [-0.2, 0) is 4.74 Å². The molecule has 1 aliphatic rings. The zero-order chi connectivity index (χ0) is 17.6. The third-order valence-electron chi connectivity index (χ3n) is 4.24. The molecule has 2 aromatic rings. The number of halogens is 2. The number of hydrogen-bond acceptors (Lipinski definition) is 4. The van der Waals surface area contributed by atoms with Crippen molar-refractivity contribution >= 4 is 17.8 Å². The van der Waals surface area contributed by atoms with Gasteiger partial charge in [0, 0.05) is 29.9 Å². The lowest BCUT2D eigenvalue weighted by molar-refractivity contribution is 0.0180. The van der Waals surface area contributed by atoms with Gasteiger partial charge < -0.3 is 9.84 Å². The van der Waals surface area contributed by atoms with Crippen molar-refractivity contribution in [2.24, 2.45) is 4.99 Å². The van der Waals surface area contributed by atoms with Crippen LogP contribution < -0.4 is 0 Å². The van der Waals surface area contributed by atoms with Crippen LogP contribution in [-0.4, -0.2) is 49.1 Å². The molecule has 1 saturated heterocycles. The maximum Gasteiger partial charge on any atom is 0.124 e. The number of phenols is 1. The van der Waals surface area contributed by atoms with Crippen molar-refractivity contribution in [3.8, 4) is 5.75 Å². The monoisotopic (exact) mass is 362 g/mol. The molecule has 0 radical (unpaired) electrons. The first-order chi connectivity index (χ1) is 12.1. The molecule has 1 fully saturated rings. The Morgan fingerprint density at radius 1 is 1.20 bits per heavy atom. The summed E-state index contributed by atoms with van der Waals surface area (Å²) >= 11 is 5.96. The van der Waals surface area contributed by atoms with Gasteiger partial charge in [0.2, 0.25) is 0 Å². The second-order valence-corrected chi connectivity index (χ2v) is 6.35. The molecule has 4 nitrogen and oxygen atoms in total. The van der Waals surface area contributed by atoms with Gasteiger partial charge in [0.1, 0.15) is 11.6 Å². The summed E-state index contributed by atoms with van der Waals surface area (Å²) in [7, 11) is 0. The first-order valence-electron chi connectivity index (χ1n) is 8.19. The molecule has 132 valence electrons. The fourth-order valence-corrected chi connectivity index (χ4v) is 3.07. The number of ether oxygens (including phenoxy) is 1. The van der Waals surface area contributed by atoms with Crippen LogP contribution in [0.15, 0.2) is 47.5 Å². The lowest BCUT2D eigenvalue weighted by atomic mass is 10.0. The van der Waals surface area contributed by atoms with E-state index < -0.39 is 0 Å². The molecule has 1 heterocycles. The number of aliphatic imine (C=N–C) groups is 1. The van der Waals surface area contributed by atoms with Crippen LogP contribution in [0.25, 0.3) is 0 Å². The predicted molar refractivity (Wildman–Crippen MR) is 97.1 cm³/mol. The summed E-state index contributed by atoms with van der Waals surface area (Å²) in [5.74, 6) is -0.116. The largest absolute Gasteiger partial charge is 0.507 e. The van der Waals surface area contributed by atoms with E-state index >= 15 is 0 Å². The minimum atomic E-state index is -0.253. The van der Waals surface area contributed by atoms with E-state index in [0.717, 1.165) is 18.7 Å². The maximum atomic E-state index is 13.2. The average molecular weight is 363 g/mol. The number of benzene rings is 2. The number of rotatable bonds is 5. The van der Waals surface area contributed by atoms with Crippen molar-refractivity contribution in [1.29, 1.82) is 0 Å². The van der Waals surface area contributed by atoms with Crippen LogP contribution in [0.1, 0.15) is 17.2 Å². The molecule has 2 aromatic carbocycles. The zero-order valence-electron chi connectivity index (χ0n) is 13.7. The molecule has 0 saturated carbocycles. The topological polar surface area (TPSA) is 45.1 Å². The Kier molecular flexibility index (Phi) is 6.02. The number of hydrogen-bond donors (Lipinski definition) is 1. The van der Waals surface area contributed by atoms with Crippen LogP contribution >= 0.6 is 11.6 Å². The molecule has 0 spiro atoms. The van der Waals surface area contributed by atoms with Gasteiger partial charge in [-0.25, -0.2) is 4.39 Å². The van der Waals surface area contributed by atoms with E-state index in [1.807, 2.05) is 0 Å². The second-order valence-electron chi connectivity index (χ2n) is 5.91. The van der Waals surface area contributed by atoms with Crippen molar-refractivity contribution in [1.82, 2.24) is 4.90 Å². The normalized spacial score (nSPS) is 17.0. The van der Waals surface area contributed by atoms with Crippen LogP contribution in [0, 0.1) is 5.82 Å². The fourth-order valence-electron chi connectivity index (χ4n) is 2.89. The molecule has 1 aliphatic heterocycles. The zero-order valence-corrected chi connectivity index (χ0v) is 14.5. The minimum absolute atomic E-state index is 0.0297. The smallest absolute Gasteiger partial charge is 0.124 e. The summed E-state index contributed by atoms with van der Waals surface area (Å²) in [6.07, 6.45) is 1.62. The van der Waals surface area contributed by atoms with Crippen molar-refractivity contribution < 1.29 is 14.2 Å². The van der Waals surface area contributed by atoms with Gasteiger partial charge in [0.25, 0.3) is 0 Å². The molecule has 1 N–H and O–H groups in total. The Bertz CT molecular complexity index is 731. The third-order valence-corrected chi connectivity index (χ3v) is 4.47. The molecule has 0 unspecified atom stereocenters. The van der Waals surface area contributed by atoms with E-state index in [2.05, 4.69) is 9.89 Å². The van der Waals surface area contributed by atoms with Gasteiger partial charge in [0.05, 0.1) is 25.8 Å². The summed E-state index contributed by atoms with van der Waals surface area (Å²) in [6.45, 7) is 3.46. The van der Waals surface area contributed by atoms with Crippen LogP contribution in [0.4, 0.5) is 4.39 Å². The molecule has 0 bridgehead atoms. The summed E-state index contributed by atoms with van der Waals surface area (Å²) in [4.78, 5) is 6.78. The van der Waals surface area contributed by atoms with Gasteiger partial charge in [-0.15, -0.1) is 0 Å². The van der Waals surface area contributed by atoms with Gasteiger partial charge in [0.15, 0.2) is 0 Å². The summed E-state index contributed by atoms with van der Waals surface area (Å²) in [5.41, 5.74) is 1.59. The van der Waals surface area contributed by atoms with E-state index in [9.17, 15) is 9.50 Å². The van der Waals surface area contributed by atoms with E-state index in [1.54, 1.807) is 36.5 Å². The molecule has 0 aliphatic carbocycles. The lowest BCUT2D eigenvalue weighted by Gasteiger charge is -2.34. The standard InChI is InChI=1S/C19H20ClFN2O2/c20-16-3-6-19(24)15(11-16)12-22-13-18(23-7-9-25-10-8-23)14-1-4-17(21)5-2-14/h1-6,11-12,18,24H,7-10,13H2/t18-/m1/s1. The lowest BCUT2D eigenvalue weighted by Crippen LogP contribution is -2.40. The molecule has 0 aromatic heterocycles. The van der Waals surface area contributed by atoms with Crippen LogP contribution in [0.3, 0.4) is 0 Å². The Balaban J connectivity index is 1.78. The second kappa shape index (κ2) is 8.43. The first-order valence-corrected chi connectivity index (χ1v) is 8.57. The highest BCUT2D eigenvalue weighted by molar-refractivity contribution is 6.30. The Hall–Kier alpha value is -1.95. The fraction of sp³-hybridized carbons (Fsp3) is 0.316. The molecule has 0 amide bonds. The summed E-state index contributed by atoms with van der Waals surface area (Å²) in [5, 5.41) is 10.4. The SMILES string of the molecule is Oc1ccc(Cl)cc1C=NC[C@H](c1ccc(F)cc1)N1CCOCC1. The highest BCUT2D eigenvalue weighted by atomic mass is 35.5. The number of nitrogens with zero attached hydrogens (tertiary/aromatic N) is 2. The van der Waals surface area contributed by atoms with Gasteiger partial charge in [-0.1, -0.05) is 23.7 Å². The summed E-state index contributed by atoms with van der Waals surface area (Å²) in [6, 6.07) is 11.4. The number of phenolic OH excluding ortho intramolecular Hbond substituents is 1. The quantitative estimate of drug-likeness (QED) is 0.825. The van der Waals surface area contributed by atoms with E-state index in [1.165, 1.54) is 12.1 Å². The third kappa shape index (κ3) is 4.78. The highest BCUT2D eigenvalue weighted by Gasteiger charge is 2.22. The van der Waals surface area contributed by atoms with Crippen molar-refractivity contribution in [3.05, 3.63) is 64.4 Å². The van der Waals surface area contributed by atoms with E-state index in [4.69, 9.17) is 16.3 Å². The van der Waals surface area contributed by atoms with Crippen molar-refractivity contribution in [2.75, 3.05) is 32.8 Å². The van der Waals surface area contributed by atoms with Gasteiger partial charge >= 0.3 is 0 Å². The Morgan fingerprint density at radius 2 is 1.92 bits per heavy atom. The van der Waals surface area contributed by atoms with E-state index in [-0.39, 0.29) is 17.6 Å². The number of morpholine rings is 1.